The molecule has 0 radical (unpaired) electrons. The fraction of sp³-hybridized carbons (Fsp3) is 0.440. The molecule has 0 spiro atoms. The third-order valence-corrected chi connectivity index (χ3v) is 6.10. The highest BCUT2D eigenvalue weighted by atomic mass is 16.3. The molecule has 0 bridgehead atoms. The molecule has 1 unspecified atom stereocenters. The highest BCUT2D eigenvalue weighted by Crippen LogP contribution is 2.48. The highest BCUT2D eigenvalue weighted by molar-refractivity contribution is 5.54. The van der Waals surface area contributed by atoms with Crippen LogP contribution in [0.5, 0.6) is 11.5 Å². The molecule has 1 fully saturated rings. The quantitative estimate of drug-likeness (QED) is 0.602. The topological polar surface area (TPSA) is 40.5 Å². The number of allylic oxidation sites excluding steroid dienone is 2. The zero-order valence-electron chi connectivity index (χ0n) is 17.3. The van der Waals surface area contributed by atoms with Gasteiger partial charge in [-0.2, -0.15) is 0 Å². The summed E-state index contributed by atoms with van der Waals surface area (Å²) in [5, 5.41) is 21.9. The van der Waals surface area contributed by atoms with Crippen LogP contribution in [0.15, 0.2) is 35.9 Å². The van der Waals surface area contributed by atoms with Crippen molar-refractivity contribution < 1.29 is 10.2 Å². The maximum Gasteiger partial charge on any atom is 0.122 e. The number of phenols is 2. The molecular formula is C25H32O2. The maximum atomic E-state index is 10.9. The van der Waals surface area contributed by atoms with Crippen LogP contribution in [-0.2, 0) is 0 Å². The van der Waals surface area contributed by atoms with Crippen molar-refractivity contribution in [1.82, 2.24) is 0 Å². The van der Waals surface area contributed by atoms with Gasteiger partial charge >= 0.3 is 0 Å². The number of aromatic hydroxyl groups is 2. The number of rotatable bonds is 3. The van der Waals surface area contributed by atoms with Crippen LogP contribution in [0.1, 0.15) is 71.9 Å². The number of hydrogen-bond donors (Lipinski definition) is 2. The Hall–Kier alpha value is -2.22. The summed E-state index contributed by atoms with van der Waals surface area (Å²) in [4.78, 5) is 0. The van der Waals surface area contributed by atoms with Crippen molar-refractivity contribution in [3.63, 3.8) is 0 Å². The molecule has 1 atom stereocenters. The first kappa shape index (κ1) is 19.5. The van der Waals surface area contributed by atoms with Crippen molar-refractivity contribution in [3.8, 4) is 11.5 Å². The van der Waals surface area contributed by atoms with Gasteiger partial charge in [0.2, 0.25) is 0 Å². The molecule has 0 aromatic heterocycles. The van der Waals surface area contributed by atoms with Crippen LogP contribution in [0.3, 0.4) is 0 Å². The van der Waals surface area contributed by atoms with Crippen LogP contribution in [0.4, 0.5) is 0 Å². The molecule has 2 nitrogen and oxygen atoms in total. The first-order chi connectivity index (χ1) is 12.8. The van der Waals surface area contributed by atoms with Gasteiger partial charge in [-0.15, -0.1) is 0 Å². The third-order valence-electron chi connectivity index (χ3n) is 6.10. The van der Waals surface area contributed by atoms with E-state index in [0.717, 1.165) is 59.1 Å². The van der Waals surface area contributed by atoms with Crippen molar-refractivity contribution in [2.45, 2.75) is 66.2 Å². The second-order valence-electron chi connectivity index (χ2n) is 8.32. The summed E-state index contributed by atoms with van der Waals surface area (Å²) in [5.74, 6) is 1.12. The summed E-state index contributed by atoms with van der Waals surface area (Å²) in [7, 11) is 0. The number of aryl methyl sites for hydroxylation is 4. The fourth-order valence-electron chi connectivity index (χ4n) is 4.81. The van der Waals surface area contributed by atoms with Crippen LogP contribution in [-0.4, -0.2) is 10.2 Å². The minimum Gasteiger partial charge on any atom is -0.507 e. The first-order valence-corrected chi connectivity index (χ1v) is 10.1. The second-order valence-corrected chi connectivity index (χ2v) is 8.32. The summed E-state index contributed by atoms with van der Waals surface area (Å²) < 4.78 is 0. The van der Waals surface area contributed by atoms with E-state index in [1.807, 2.05) is 26.0 Å². The average molecular weight is 365 g/mol. The zero-order valence-corrected chi connectivity index (χ0v) is 17.3. The van der Waals surface area contributed by atoms with Gasteiger partial charge in [0.1, 0.15) is 11.5 Å². The summed E-state index contributed by atoms with van der Waals surface area (Å²) in [6.45, 7) is 10.2. The minimum absolute atomic E-state index is 0.00236. The van der Waals surface area contributed by atoms with Gasteiger partial charge in [-0.3, -0.25) is 0 Å². The van der Waals surface area contributed by atoms with Gasteiger partial charge in [0, 0.05) is 17.0 Å². The van der Waals surface area contributed by atoms with E-state index < -0.39 is 0 Å². The van der Waals surface area contributed by atoms with E-state index in [2.05, 4.69) is 39.0 Å². The lowest BCUT2D eigenvalue weighted by Crippen LogP contribution is -2.20. The van der Waals surface area contributed by atoms with Crippen LogP contribution < -0.4 is 0 Å². The van der Waals surface area contributed by atoms with Gasteiger partial charge < -0.3 is 10.2 Å². The Labute approximate surface area is 163 Å². The van der Waals surface area contributed by atoms with Gasteiger partial charge in [0.25, 0.3) is 0 Å². The molecule has 27 heavy (non-hydrogen) atoms. The summed E-state index contributed by atoms with van der Waals surface area (Å²) >= 11 is 0. The molecule has 2 aromatic carbocycles. The molecule has 3 rings (SSSR count). The van der Waals surface area contributed by atoms with E-state index in [4.69, 9.17) is 0 Å². The molecule has 144 valence electrons. The van der Waals surface area contributed by atoms with Gasteiger partial charge in [-0.25, -0.2) is 0 Å². The van der Waals surface area contributed by atoms with E-state index >= 15 is 0 Å². The Morgan fingerprint density at radius 1 is 0.889 bits per heavy atom. The molecule has 2 aromatic rings. The summed E-state index contributed by atoms with van der Waals surface area (Å²) in [5.41, 5.74) is 7.50. The van der Waals surface area contributed by atoms with Crippen molar-refractivity contribution in [2.24, 2.45) is 5.92 Å². The Bertz CT molecular complexity index is 819. The smallest absolute Gasteiger partial charge is 0.122 e. The second kappa shape index (κ2) is 7.80. The molecule has 1 aliphatic carbocycles. The van der Waals surface area contributed by atoms with E-state index in [1.54, 1.807) is 0 Å². The molecule has 0 amide bonds. The minimum atomic E-state index is -0.00236. The molecule has 0 saturated heterocycles. The van der Waals surface area contributed by atoms with Gasteiger partial charge in [0.05, 0.1) is 0 Å². The molecule has 1 saturated carbocycles. The Balaban J connectivity index is 2.22. The van der Waals surface area contributed by atoms with Crippen LogP contribution in [0, 0.1) is 33.6 Å². The first-order valence-electron chi connectivity index (χ1n) is 10.1. The molecule has 0 aliphatic heterocycles. The van der Waals surface area contributed by atoms with E-state index in [-0.39, 0.29) is 5.92 Å². The molecule has 1 aliphatic rings. The van der Waals surface area contributed by atoms with Crippen LogP contribution in [0.25, 0.3) is 0 Å². The lowest BCUT2D eigenvalue weighted by atomic mass is 9.71. The highest BCUT2D eigenvalue weighted by Gasteiger charge is 2.32. The van der Waals surface area contributed by atoms with Crippen molar-refractivity contribution in [1.29, 1.82) is 0 Å². The zero-order chi connectivity index (χ0) is 19.7. The van der Waals surface area contributed by atoms with Crippen molar-refractivity contribution in [3.05, 3.63) is 69.3 Å². The Morgan fingerprint density at radius 3 is 1.89 bits per heavy atom. The predicted octanol–water partition coefficient (Wildman–Crippen LogP) is 6.60. The molecule has 0 heterocycles. The lowest BCUT2D eigenvalue weighted by molar-refractivity contribution is 0.358. The SMILES string of the molecule is C/C=C1\CCCC(C(c2cc(C)cc(C)c2O)c2cc(C)cc(C)c2O)C1. The average Bonchev–Trinajstić information content (AvgIpc) is 2.63. The number of benzene rings is 2. The van der Waals surface area contributed by atoms with E-state index in [1.165, 1.54) is 5.57 Å². The molecular weight excluding hydrogens is 332 g/mol. The number of hydrogen-bond acceptors (Lipinski definition) is 2. The van der Waals surface area contributed by atoms with E-state index in [0.29, 0.717) is 17.4 Å². The summed E-state index contributed by atoms with van der Waals surface area (Å²) in [6.07, 6.45) is 6.71. The lowest BCUT2D eigenvalue weighted by Gasteiger charge is -2.34. The summed E-state index contributed by atoms with van der Waals surface area (Å²) in [6, 6.07) is 8.26. The largest absolute Gasteiger partial charge is 0.507 e. The fourth-order valence-corrected chi connectivity index (χ4v) is 4.81. The Kier molecular flexibility index (Phi) is 5.64. The normalized spacial score (nSPS) is 19.0. The standard InChI is InChI=1S/C25H32O2/c1-6-19-8-7-9-20(14-19)23(21-12-15(2)10-17(4)24(21)26)22-13-16(3)11-18(5)25(22)27/h6,10-13,20,23,26-27H,7-9,14H2,1-5H3/b19-6+. The van der Waals surface area contributed by atoms with Crippen LogP contribution >= 0.6 is 0 Å². The van der Waals surface area contributed by atoms with Gasteiger partial charge in [-0.1, -0.05) is 47.0 Å². The molecule has 2 N–H and O–H groups in total. The maximum absolute atomic E-state index is 10.9. The van der Waals surface area contributed by atoms with E-state index in [9.17, 15) is 10.2 Å². The number of phenolic OH excluding ortho intramolecular Hbond substituents is 2. The monoisotopic (exact) mass is 364 g/mol. The molecule has 2 heteroatoms. The van der Waals surface area contributed by atoms with Gasteiger partial charge in [-0.05, 0) is 77.3 Å². The van der Waals surface area contributed by atoms with Crippen LogP contribution in [0.2, 0.25) is 0 Å². The Morgan fingerprint density at radius 2 is 1.41 bits per heavy atom. The van der Waals surface area contributed by atoms with Crippen molar-refractivity contribution >= 4 is 0 Å². The third kappa shape index (κ3) is 3.90. The van der Waals surface area contributed by atoms with Gasteiger partial charge in [0.15, 0.2) is 0 Å². The predicted molar refractivity (Wildman–Crippen MR) is 113 cm³/mol. The van der Waals surface area contributed by atoms with Crippen molar-refractivity contribution in [2.75, 3.05) is 0 Å².